The molecule has 0 radical (unpaired) electrons. The summed E-state index contributed by atoms with van der Waals surface area (Å²) in [5.74, 6) is -0.991. The predicted molar refractivity (Wildman–Crippen MR) is 75.2 cm³/mol. The van der Waals surface area contributed by atoms with E-state index in [0.717, 1.165) is 10.2 Å². The van der Waals surface area contributed by atoms with E-state index >= 15 is 0 Å². The average molecular weight is 307 g/mol. The summed E-state index contributed by atoms with van der Waals surface area (Å²) in [7, 11) is 0. The second-order valence-electron chi connectivity index (χ2n) is 3.74. The highest BCUT2D eigenvalue weighted by molar-refractivity contribution is 9.10. The normalized spacial score (nSPS) is 10.1. The van der Waals surface area contributed by atoms with Crippen LogP contribution in [0.5, 0.6) is 0 Å². The molecule has 0 heterocycles. The molecular formula is C13H11BrN2O2. The van der Waals surface area contributed by atoms with E-state index in [9.17, 15) is 4.79 Å². The van der Waals surface area contributed by atoms with E-state index in [1.165, 1.54) is 6.07 Å². The van der Waals surface area contributed by atoms with E-state index in [-0.39, 0.29) is 5.56 Å². The molecule has 92 valence electrons. The highest BCUT2D eigenvalue weighted by Gasteiger charge is 2.10. The summed E-state index contributed by atoms with van der Waals surface area (Å²) in [6.45, 7) is 0. The van der Waals surface area contributed by atoms with Crippen molar-refractivity contribution in [3.8, 4) is 0 Å². The number of halogens is 1. The molecule has 4 N–H and O–H groups in total. The van der Waals surface area contributed by atoms with Crippen molar-refractivity contribution in [1.29, 1.82) is 0 Å². The molecule has 2 rings (SSSR count). The molecule has 0 fully saturated rings. The van der Waals surface area contributed by atoms with Gasteiger partial charge in [-0.3, -0.25) is 0 Å². The number of nitrogen functional groups attached to an aromatic ring is 1. The largest absolute Gasteiger partial charge is 0.478 e. The van der Waals surface area contributed by atoms with Gasteiger partial charge in [-0.1, -0.05) is 15.9 Å². The van der Waals surface area contributed by atoms with Crippen LogP contribution in [0.4, 0.5) is 17.1 Å². The van der Waals surface area contributed by atoms with Gasteiger partial charge in [-0.2, -0.15) is 0 Å². The van der Waals surface area contributed by atoms with Gasteiger partial charge in [0.25, 0.3) is 0 Å². The summed E-state index contributed by atoms with van der Waals surface area (Å²) >= 11 is 3.34. The third kappa shape index (κ3) is 2.81. The lowest BCUT2D eigenvalue weighted by Crippen LogP contribution is -2.03. The van der Waals surface area contributed by atoms with Crippen LogP contribution < -0.4 is 11.1 Å². The number of rotatable bonds is 3. The van der Waals surface area contributed by atoms with Crippen molar-refractivity contribution in [2.75, 3.05) is 11.1 Å². The summed E-state index contributed by atoms with van der Waals surface area (Å²) in [6.07, 6.45) is 0. The van der Waals surface area contributed by atoms with Crippen LogP contribution in [0.3, 0.4) is 0 Å². The van der Waals surface area contributed by atoms with Crippen molar-refractivity contribution in [1.82, 2.24) is 0 Å². The number of hydrogen-bond donors (Lipinski definition) is 3. The molecule has 0 aromatic heterocycles. The summed E-state index contributed by atoms with van der Waals surface area (Å²) in [4.78, 5) is 11.1. The Morgan fingerprint density at radius 1 is 1.17 bits per heavy atom. The molecule has 0 aliphatic rings. The molecule has 0 amide bonds. The van der Waals surface area contributed by atoms with Crippen LogP contribution in [0.1, 0.15) is 10.4 Å². The van der Waals surface area contributed by atoms with Gasteiger partial charge in [-0.05, 0) is 42.5 Å². The van der Waals surface area contributed by atoms with Gasteiger partial charge in [-0.25, -0.2) is 4.79 Å². The second kappa shape index (κ2) is 5.10. The lowest BCUT2D eigenvalue weighted by atomic mass is 10.1. The van der Waals surface area contributed by atoms with Crippen molar-refractivity contribution in [2.45, 2.75) is 0 Å². The number of benzene rings is 2. The number of nitrogens with one attached hydrogen (secondary N) is 1. The molecule has 0 aliphatic heterocycles. The van der Waals surface area contributed by atoms with E-state index in [0.29, 0.717) is 11.4 Å². The maximum Gasteiger partial charge on any atom is 0.337 e. The van der Waals surface area contributed by atoms with Gasteiger partial charge < -0.3 is 16.2 Å². The second-order valence-corrected chi connectivity index (χ2v) is 4.66. The van der Waals surface area contributed by atoms with Crippen LogP contribution in [0.2, 0.25) is 0 Å². The number of carboxylic acids is 1. The van der Waals surface area contributed by atoms with Crippen molar-refractivity contribution in [2.24, 2.45) is 0 Å². The monoisotopic (exact) mass is 306 g/mol. The van der Waals surface area contributed by atoms with Crippen molar-refractivity contribution in [3.05, 3.63) is 52.5 Å². The first-order valence-corrected chi connectivity index (χ1v) is 6.01. The Bertz CT molecular complexity index is 582. The van der Waals surface area contributed by atoms with Crippen molar-refractivity contribution in [3.63, 3.8) is 0 Å². The molecule has 2 aromatic rings. The number of hydrogen-bond acceptors (Lipinski definition) is 3. The van der Waals surface area contributed by atoms with Crippen LogP contribution in [-0.4, -0.2) is 11.1 Å². The molecule has 0 atom stereocenters. The Balaban J connectivity index is 2.35. The third-order valence-corrected chi connectivity index (χ3v) is 2.93. The quantitative estimate of drug-likeness (QED) is 0.759. The van der Waals surface area contributed by atoms with E-state index in [4.69, 9.17) is 10.8 Å². The Labute approximate surface area is 113 Å². The maximum atomic E-state index is 11.1. The van der Waals surface area contributed by atoms with Crippen LogP contribution in [-0.2, 0) is 0 Å². The minimum Gasteiger partial charge on any atom is -0.478 e. The summed E-state index contributed by atoms with van der Waals surface area (Å²) in [6, 6.07) is 12.1. The molecule has 0 aliphatic carbocycles. The third-order valence-electron chi connectivity index (χ3n) is 2.40. The standard InChI is InChI=1S/C13H11BrN2O2/c14-8-1-4-10(5-2-8)16-12-7-9(15)3-6-11(12)13(17)18/h1-7,16H,15H2,(H,17,18). The van der Waals surface area contributed by atoms with Gasteiger partial charge in [0.05, 0.1) is 11.3 Å². The molecule has 0 spiro atoms. The first-order valence-electron chi connectivity index (χ1n) is 5.21. The fourth-order valence-electron chi connectivity index (χ4n) is 1.54. The van der Waals surface area contributed by atoms with Gasteiger partial charge >= 0.3 is 5.97 Å². The zero-order chi connectivity index (χ0) is 13.1. The molecule has 0 bridgehead atoms. The Kier molecular flexibility index (Phi) is 3.53. The van der Waals surface area contributed by atoms with Crippen LogP contribution in [0.25, 0.3) is 0 Å². The van der Waals surface area contributed by atoms with Crippen LogP contribution in [0.15, 0.2) is 46.9 Å². The fraction of sp³-hybridized carbons (Fsp3) is 0. The molecule has 4 nitrogen and oxygen atoms in total. The van der Waals surface area contributed by atoms with Gasteiger partial charge in [0, 0.05) is 15.8 Å². The van der Waals surface area contributed by atoms with Crippen LogP contribution >= 0.6 is 15.9 Å². The lowest BCUT2D eigenvalue weighted by Gasteiger charge is -2.10. The SMILES string of the molecule is Nc1ccc(C(=O)O)c(Nc2ccc(Br)cc2)c1. The minimum atomic E-state index is -0.991. The van der Waals surface area contributed by atoms with Gasteiger partial charge in [0.2, 0.25) is 0 Å². The Morgan fingerprint density at radius 2 is 1.83 bits per heavy atom. The zero-order valence-electron chi connectivity index (χ0n) is 9.35. The molecule has 5 heteroatoms. The number of carbonyl (C=O) groups is 1. The van der Waals surface area contributed by atoms with Crippen molar-refractivity contribution < 1.29 is 9.90 Å². The van der Waals surface area contributed by atoms with E-state index in [2.05, 4.69) is 21.2 Å². The maximum absolute atomic E-state index is 11.1. The molecule has 0 saturated heterocycles. The highest BCUT2D eigenvalue weighted by Crippen LogP contribution is 2.24. The van der Waals surface area contributed by atoms with Crippen LogP contribution in [0, 0.1) is 0 Å². The number of aromatic carboxylic acids is 1. The predicted octanol–water partition coefficient (Wildman–Crippen LogP) is 3.47. The lowest BCUT2D eigenvalue weighted by molar-refractivity contribution is 0.0698. The number of anilines is 3. The van der Waals surface area contributed by atoms with E-state index < -0.39 is 5.97 Å². The Hall–Kier alpha value is -2.01. The molecule has 2 aromatic carbocycles. The number of carboxylic acid groups (broad SMARTS) is 1. The molecule has 18 heavy (non-hydrogen) atoms. The van der Waals surface area contributed by atoms with Crippen molar-refractivity contribution >= 4 is 39.0 Å². The first kappa shape index (κ1) is 12.4. The highest BCUT2D eigenvalue weighted by atomic mass is 79.9. The fourth-order valence-corrected chi connectivity index (χ4v) is 1.80. The summed E-state index contributed by atoms with van der Waals surface area (Å²) in [5, 5.41) is 12.1. The zero-order valence-corrected chi connectivity index (χ0v) is 10.9. The molecule has 0 saturated carbocycles. The smallest absolute Gasteiger partial charge is 0.337 e. The average Bonchev–Trinajstić information content (AvgIpc) is 2.32. The van der Waals surface area contributed by atoms with Gasteiger partial charge in [-0.15, -0.1) is 0 Å². The summed E-state index contributed by atoms with van der Waals surface area (Å²) < 4.78 is 0.957. The number of nitrogens with two attached hydrogens (primary N) is 1. The summed E-state index contributed by atoms with van der Waals surface area (Å²) in [5.41, 5.74) is 7.64. The first-order chi connectivity index (χ1) is 8.56. The van der Waals surface area contributed by atoms with Gasteiger partial charge in [0.15, 0.2) is 0 Å². The van der Waals surface area contributed by atoms with E-state index in [1.807, 2.05) is 24.3 Å². The minimum absolute atomic E-state index is 0.187. The van der Waals surface area contributed by atoms with E-state index in [1.54, 1.807) is 12.1 Å². The molecule has 0 unspecified atom stereocenters. The molecular weight excluding hydrogens is 296 g/mol. The topological polar surface area (TPSA) is 75.4 Å². The Morgan fingerprint density at radius 3 is 2.44 bits per heavy atom. The van der Waals surface area contributed by atoms with Gasteiger partial charge in [0.1, 0.15) is 0 Å².